The molecular weight excluding hydrogens is 319 g/mol. The van der Waals surface area contributed by atoms with Gasteiger partial charge in [-0.25, -0.2) is 0 Å². The highest BCUT2D eigenvalue weighted by molar-refractivity contribution is 6.30. The topological polar surface area (TPSA) is 46.3 Å². The van der Waals surface area contributed by atoms with E-state index in [0.717, 1.165) is 55.7 Å². The van der Waals surface area contributed by atoms with Gasteiger partial charge >= 0.3 is 0 Å². The number of nitrogens with zero attached hydrogens (tertiary/aromatic N) is 1. The van der Waals surface area contributed by atoms with Gasteiger partial charge in [-0.2, -0.15) is 0 Å². The Morgan fingerprint density at radius 1 is 1.18 bits per heavy atom. The molecule has 1 unspecified atom stereocenters. The number of benzene rings is 1. The Labute approximate surface area is 143 Å². The van der Waals surface area contributed by atoms with E-state index >= 15 is 0 Å². The Morgan fingerprint density at radius 3 is 2.41 bits per heavy atom. The highest BCUT2D eigenvalue weighted by atomic mass is 35.5. The third-order valence-electron chi connectivity index (χ3n) is 5.01. The van der Waals surface area contributed by atoms with Crippen molar-refractivity contribution in [3.05, 3.63) is 34.9 Å². The van der Waals surface area contributed by atoms with E-state index in [1.165, 1.54) is 0 Å². The van der Waals surface area contributed by atoms with E-state index in [2.05, 4.69) is 0 Å². The zero-order chi connectivity index (χ0) is 14.9. The van der Waals surface area contributed by atoms with Gasteiger partial charge in [-0.3, -0.25) is 4.79 Å². The van der Waals surface area contributed by atoms with Gasteiger partial charge in [-0.05, 0) is 43.4 Å². The van der Waals surface area contributed by atoms with Crippen molar-refractivity contribution in [3.8, 4) is 0 Å². The van der Waals surface area contributed by atoms with Gasteiger partial charge in [-0.15, -0.1) is 12.4 Å². The molecule has 1 atom stereocenters. The summed E-state index contributed by atoms with van der Waals surface area (Å²) in [6.07, 6.45) is 6.17. The molecule has 2 aliphatic rings. The predicted octanol–water partition coefficient (Wildman–Crippen LogP) is 3.52. The van der Waals surface area contributed by atoms with Crippen molar-refractivity contribution in [2.75, 3.05) is 13.1 Å². The van der Waals surface area contributed by atoms with E-state index in [9.17, 15) is 4.79 Å². The molecule has 0 aromatic heterocycles. The zero-order valence-electron chi connectivity index (χ0n) is 12.8. The Balaban J connectivity index is 0.00000176. The van der Waals surface area contributed by atoms with Gasteiger partial charge in [-0.1, -0.05) is 36.6 Å². The van der Waals surface area contributed by atoms with Crippen molar-refractivity contribution in [1.29, 1.82) is 0 Å². The molecule has 122 valence electrons. The molecule has 1 heterocycles. The molecule has 0 spiro atoms. The van der Waals surface area contributed by atoms with Crippen LogP contribution in [0.2, 0.25) is 5.02 Å². The third-order valence-corrected chi connectivity index (χ3v) is 5.26. The van der Waals surface area contributed by atoms with Gasteiger partial charge in [0.15, 0.2) is 0 Å². The molecule has 1 saturated heterocycles. The van der Waals surface area contributed by atoms with Crippen molar-refractivity contribution >= 4 is 29.9 Å². The van der Waals surface area contributed by atoms with Crippen LogP contribution in [0.1, 0.15) is 44.1 Å². The number of piperidine rings is 1. The molecule has 1 aliphatic heterocycles. The number of halogens is 2. The molecule has 3 rings (SSSR count). The van der Waals surface area contributed by atoms with Crippen LogP contribution in [-0.4, -0.2) is 29.9 Å². The smallest absolute Gasteiger partial charge is 0.233 e. The minimum Gasteiger partial charge on any atom is -0.340 e. The van der Waals surface area contributed by atoms with Gasteiger partial charge in [0.1, 0.15) is 0 Å². The van der Waals surface area contributed by atoms with Crippen LogP contribution in [0.3, 0.4) is 0 Å². The summed E-state index contributed by atoms with van der Waals surface area (Å²) < 4.78 is 0. The summed E-state index contributed by atoms with van der Waals surface area (Å²) in [7, 11) is 0. The zero-order valence-corrected chi connectivity index (χ0v) is 14.3. The Morgan fingerprint density at radius 2 is 1.82 bits per heavy atom. The Kier molecular flexibility index (Phi) is 5.76. The van der Waals surface area contributed by atoms with Gasteiger partial charge < -0.3 is 10.6 Å². The molecule has 1 aromatic rings. The van der Waals surface area contributed by atoms with Crippen LogP contribution in [0.15, 0.2) is 24.3 Å². The Hall–Kier alpha value is -0.770. The Bertz CT molecular complexity index is 512. The summed E-state index contributed by atoms with van der Waals surface area (Å²) >= 11 is 6.00. The molecule has 3 nitrogen and oxygen atoms in total. The lowest BCUT2D eigenvalue weighted by atomic mass is 9.77. The average molecular weight is 343 g/mol. The largest absolute Gasteiger partial charge is 0.340 e. The van der Waals surface area contributed by atoms with Crippen molar-refractivity contribution in [3.63, 3.8) is 0 Å². The minimum absolute atomic E-state index is 0. The number of carbonyl (C=O) groups excluding carboxylic acids is 1. The van der Waals surface area contributed by atoms with E-state index in [4.69, 9.17) is 17.3 Å². The average Bonchev–Trinajstić information content (AvgIpc) is 2.98. The van der Waals surface area contributed by atoms with Crippen LogP contribution < -0.4 is 5.73 Å². The fourth-order valence-electron chi connectivity index (χ4n) is 3.87. The first-order valence-corrected chi connectivity index (χ1v) is 8.31. The number of likely N-dealkylation sites (tertiary alicyclic amines) is 1. The highest BCUT2D eigenvalue weighted by Crippen LogP contribution is 2.43. The predicted molar refractivity (Wildman–Crippen MR) is 92.6 cm³/mol. The monoisotopic (exact) mass is 342 g/mol. The number of carbonyl (C=O) groups is 1. The fraction of sp³-hybridized carbons (Fsp3) is 0.588. The van der Waals surface area contributed by atoms with Gasteiger partial charge in [0, 0.05) is 24.2 Å². The second-order valence-corrected chi connectivity index (χ2v) is 6.89. The maximum absolute atomic E-state index is 13.2. The van der Waals surface area contributed by atoms with Crippen molar-refractivity contribution in [2.24, 2.45) is 5.73 Å². The summed E-state index contributed by atoms with van der Waals surface area (Å²) in [5, 5.41) is 0.722. The summed E-state index contributed by atoms with van der Waals surface area (Å²) in [5.41, 5.74) is 6.83. The summed E-state index contributed by atoms with van der Waals surface area (Å²) in [4.78, 5) is 15.2. The van der Waals surface area contributed by atoms with E-state index in [0.29, 0.717) is 6.54 Å². The number of hydrogen-bond donors (Lipinski definition) is 1. The molecule has 1 amide bonds. The van der Waals surface area contributed by atoms with E-state index in [1.807, 2.05) is 29.2 Å². The quantitative estimate of drug-likeness (QED) is 0.893. The SMILES string of the molecule is Cl.NC1CCCN(C(=O)C2(c3ccc(Cl)cc3)CCCC2)C1. The fourth-order valence-corrected chi connectivity index (χ4v) is 4.00. The summed E-state index contributed by atoms with van der Waals surface area (Å²) in [6, 6.07) is 7.97. The number of rotatable bonds is 2. The molecule has 5 heteroatoms. The van der Waals surface area contributed by atoms with Gasteiger partial charge in [0.25, 0.3) is 0 Å². The molecule has 0 bridgehead atoms. The third kappa shape index (κ3) is 3.27. The van der Waals surface area contributed by atoms with Gasteiger partial charge in [0.05, 0.1) is 5.41 Å². The van der Waals surface area contributed by atoms with Crippen LogP contribution >= 0.6 is 24.0 Å². The molecule has 2 N–H and O–H groups in total. The van der Waals surface area contributed by atoms with Crippen LogP contribution in [0.4, 0.5) is 0 Å². The van der Waals surface area contributed by atoms with E-state index in [1.54, 1.807) is 0 Å². The molecule has 1 aliphatic carbocycles. The molecule has 1 saturated carbocycles. The minimum atomic E-state index is -0.346. The molecule has 0 radical (unpaired) electrons. The first-order chi connectivity index (χ1) is 10.1. The van der Waals surface area contributed by atoms with E-state index in [-0.39, 0.29) is 29.8 Å². The first kappa shape index (κ1) is 17.6. The van der Waals surface area contributed by atoms with Gasteiger partial charge in [0.2, 0.25) is 5.91 Å². The maximum atomic E-state index is 13.2. The lowest BCUT2D eigenvalue weighted by Crippen LogP contribution is -2.52. The number of amides is 1. The summed E-state index contributed by atoms with van der Waals surface area (Å²) in [6.45, 7) is 1.55. The first-order valence-electron chi connectivity index (χ1n) is 7.93. The second-order valence-electron chi connectivity index (χ2n) is 6.45. The number of nitrogens with two attached hydrogens (primary N) is 1. The molecule has 2 fully saturated rings. The second kappa shape index (κ2) is 7.20. The van der Waals surface area contributed by atoms with Crippen molar-refractivity contribution in [2.45, 2.75) is 50.0 Å². The van der Waals surface area contributed by atoms with Crippen LogP contribution in [0.25, 0.3) is 0 Å². The lowest BCUT2D eigenvalue weighted by Gasteiger charge is -2.38. The van der Waals surface area contributed by atoms with E-state index < -0.39 is 0 Å². The van der Waals surface area contributed by atoms with Crippen molar-refractivity contribution < 1.29 is 4.79 Å². The normalized spacial score (nSPS) is 23.9. The van der Waals surface area contributed by atoms with Crippen LogP contribution in [0, 0.1) is 0 Å². The number of hydrogen-bond acceptors (Lipinski definition) is 2. The molecular formula is C17H24Cl2N2O. The maximum Gasteiger partial charge on any atom is 0.233 e. The van der Waals surface area contributed by atoms with Crippen LogP contribution in [-0.2, 0) is 10.2 Å². The molecule has 1 aromatic carbocycles. The highest BCUT2D eigenvalue weighted by Gasteiger charge is 2.45. The van der Waals surface area contributed by atoms with Crippen LogP contribution in [0.5, 0.6) is 0 Å². The van der Waals surface area contributed by atoms with Crippen molar-refractivity contribution in [1.82, 2.24) is 4.90 Å². The molecule has 22 heavy (non-hydrogen) atoms. The lowest BCUT2D eigenvalue weighted by molar-refractivity contribution is -0.138. The standard InChI is InChI=1S/C17H23ClN2O.ClH/c18-14-7-5-13(6-8-14)17(9-1-2-10-17)16(21)20-11-3-4-15(19)12-20;/h5-8,15H,1-4,9-12,19H2;1H. The summed E-state index contributed by atoms with van der Waals surface area (Å²) in [5.74, 6) is 0.275.